The van der Waals surface area contributed by atoms with Gasteiger partial charge >= 0.3 is 0 Å². The molecule has 2 aromatic heterocycles. The van der Waals surface area contributed by atoms with Crippen molar-refractivity contribution in [1.82, 2.24) is 24.6 Å². The van der Waals surface area contributed by atoms with Crippen molar-refractivity contribution >= 4 is 29.2 Å². The first-order chi connectivity index (χ1) is 13.3. The molecule has 4 rings (SSSR count). The monoisotopic (exact) mass is 402 g/mol. The lowest BCUT2D eigenvalue weighted by molar-refractivity contribution is -0.134. The third kappa shape index (κ3) is 3.48. The zero-order valence-corrected chi connectivity index (χ0v) is 17.0. The first kappa shape index (κ1) is 18.9. The SMILES string of the molecule is CC(=O)c1nn(C)cc1-c1nc(N2CCN(C(=O)C3CC3)[C@H](C)C2)ncc1Cl. The summed E-state index contributed by atoms with van der Waals surface area (Å²) in [6.45, 7) is 5.50. The fourth-order valence-corrected chi connectivity index (χ4v) is 3.85. The van der Waals surface area contributed by atoms with Crippen LogP contribution >= 0.6 is 11.6 Å². The molecule has 1 amide bonds. The molecule has 0 N–H and O–H groups in total. The third-order valence-electron chi connectivity index (χ3n) is 5.27. The predicted molar refractivity (Wildman–Crippen MR) is 105 cm³/mol. The van der Waals surface area contributed by atoms with Gasteiger partial charge in [-0.25, -0.2) is 9.97 Å². The Morgan fingerprint density at radius 3 is 2.64 bits per heavy atom. The summed E-state index contributed by atoms with van der Waals surface area (Å²) in [5.41, 5.74) is 1.43. The summed E-state index contributed by atoms with van der Waals surface area (Å²) in [7, 11) is 1.75. The number of hydrogen-bond donors (Lipinski definition) is 0. The summed E-state index contributed by atoms with van der Waals surface area (Å²) in [6.07, 6.45) is 5.32. The topological polar surface area (TPSA) is 84.2 Å². The average molecular weight is 403 g/mol. The maximum absolute atomic E-state index is 12.4. The summed E-state index contributed by atoms with van der Waals surface area (Å²) in [4.78, 5) is 37.4. The van der Waals surface area contributed by atoms with Gasteiger partial charge in [-0.1, -0.05) is 11.6 Å². The van der Waals surface area contributed by atoms with E-state index in [-0.39, 0.29) is 23.7 Å². The molecule has 0 aromatic carbocycles. The van der Waals surface area contributed by atoms with Crippen molar-refractivity contribution in [1.29, 1.82) is 0 Å². The van der Waals surface area contributed by atoms with E-state index in [2.05, 4.69) is 26.9 Å². The van der Waals surface area contributed by atoms with Crippen LogP contribution in [-0.2, 0) is 11.8 Å². The number of nitrogens with zero attached hydrogens (tertiary/aromatic N) is 6. The molecule has 2 aromatic rings. The molecule has 9 heteroatoms. The number of Topliss-reactive ketones (excluding diaryl/α,β-unsaturated/α-hetero) is 1. The number of ketones is 1. The molecule has 1 aliphatic heterocycles. The van der Waals surface area contributed by atoms with E-state index < -0.39 is 0 Å². The van der Waals surface area contributed by atoms with Gasteiger partial charge in [0.25, 0.3) is 0 Å². The number of aromatic nitrogens is 4. The fourth-order valence-electron chi connectivity index (χ4n) is 3.65. The minimum atomic E-state index is -0.146. The lowest BCUT2D eigenvalue weighted by atomic mass is 10.1. The molecule has 3 heterocycles. The zero-order chi connectivity index (χ0) is 20.0. The highest BCUT2D eigenvalue weighted by Crippen LogP contribution is 2.33. The molecule has 0 unspecified atom stereocenters. The molecular weight excluding hydrogens is 380 g/mol. The summed E-state index contributed by atoms with van der Waals surface area (Å²) < 4.78 is 1.58. The summed E-state index contributed by atoms with van der Waals surface area (Å²) in [6, 6.07) is 0.0933. The van der Waals surface area contributed by atoms with Crippen LogP contribution < -0.4 is 4.90 Å². The molecule has 1 saturated carbocycles. The van der Waals surface area contributed by atoms with Gasteiger partial charge in [0, 0.05) is 51.8 Å². The van der Waals surface area contributed by atoms with E-state index >= 15 is 0 Å². The van der Waals surface area contributed by atoms with Crippen LogP contribution in [0.2, 0.25) is 5.02 Å². The summed E-state index contributed by atoms with van der Waals surface area (Å²) >= 11 is 6.35. The lowest BCUT2D eigenvalue weighted by Gasteiger charge is -2.40. The number of amides is 1. The Labute approximate surface area is 168 Å². The van der Waals surface area contributed by atoms with Crippen molar-refractivity contribution in [2.75, 3.05) is 24.5 Å². The van der Waals surface area contributed by atoms with Crippen LogP contribution in [0.5, 0.6) is 0 Å². The quantitative estimate of drug-likeness (QED) is 0.729. The molecule has 1 saturated heterocycles. The Hall–Kier alpha value is -2.48. The van der Waals surface area contributed by atoms with Gasteiger partial charge < -0.3 is 9.80 Å². The normalized spacial score (nSPS) is 19.8. The number of hydrogen-bond acceptors (Lipinski definition) is 6. The number of anilines is 1. The van der Waals surface area contributed by atoms with Gasteiger partial charge in [0.2, 0.25) is 11.9 Å². The summed E-state index contributed by atoms with van der Waals surface area (Å²) in [5.74, 6) is 0.894. The second-order valence-electron chi connectivity index (χ2n) is 7.59. The van der Waals surface area contributed by atoms with Crippen molar-refractivity contribution in [3.8, 4) is 11.3 Å². The smallest absolute Gasteiger partial charge is 0.226 e. The van der Waals surface area contributed by atoms with Crippen LogP contribution in [0.4, 0.5) is 5.95 Å². The highest BCUT2D eigenvalue weighted by molar-refractivity contribution is 6.33. The van der Waals surface area contributed by atoms with E-state index in [1.54, 1.807) is 24.1 Å². The zero-order valence-electron chi connectivity index (χ0n) is 16.2. The number of rotatable bonds is 4. The van der Waals surface area contributed by atoms with Gasteiger partial charge in [-0.3, -0.25) is 14.3 Å². The molecule has 0 radical (unpaired) electrons. The van der Waals surface area contributed by atoms with Crippen molar-refractivity contribution in [3.05, 3.63) is 23.1 Å². The minimum Gasteiger partial charge on any atom is -0.337 e. The molecular formula is C19H23ClN6O2. The first-order valence-electron chi connectivity index (χ1n) is 9.48. The van der Waals surface area contributed by atoms with E-state index in [4.69, 9.17) is 11.6 Å². The molecule has 2 fully saturated rings. The fraction of sp³-hybridized carbons (Fsp3) is 0.526. The van der Waals surface area contributed by atoms with E-state index in [0.717, 1.165) is 12.8 Å². The predicted octanol–water partition coefficient (Wildman–Crippen LogP) is 2.18. The Kier molecular flexibility index (Phi) is 4.82. The van der Waals surface area contributed by atoms with Crippen LogP contribution in [-0.4, -0.2) is 62.0 Å². The number of carbonyl (C=O) groups is 2. The Bertz CT molecular complexity index is 939. The number of aryl methyl sites for hydroxylation is 1. The highest BCUT2D eigenvalue weighted by Gasteiger charge is 2.37. The average Bonchev–Trinajstić information content (AvgIpc) is 3.43. The van der Waals surface area contributed by atoms with Crippen LogP contribution in [0.3, 0.4) is 0 Å². The molecule has 0 bridgehead atoms. The molecule has 2 aliphatic rings. The molecule has 8 nitrogen and oxygen atoms in total. The Balaban J connectivity index is 1.60. The molecule has 1 atom stereocenters. The molecule has 0 spiro atoms. The first-order valence-corrected chi connectivity index (χ1v) is 9.86. The second kappa shape index (κ2) is 7.16. The van der Waals surface area contributed by atoms with E-state index in [1.807, 2.05) is 4.90 Å². The van der Waals surface area contributed by atoms with Gasteiger partial charge in [0.1, 0.15) is 5.69 Å². The van der Waals surface area contributed by atoms with Crippen LogP contribution in [0, 0.1) is 5.92 Å². The Morgan fingerprint density at radius 1 is 1.25 bits per heavy atom. The maximum Gasteiger partial charge on any atom is 0.226 e. The van der Waals surface area contributed by atoms with Crippen molar-refractivity contribution in [2.45, 2.75) is 32.7 Å². The molecule has 1 aliphatic carbocycles. The van der Waals surface area contributed by atoms with Gasteiger partial charge in [-0.15, -0.1) is 0 Å². The van der Waals surface area contributed by atoms with E-state index in [0.29, 0.717) is 47.6 Å². The van der Waals surface area contributed by atoms with Gasteiger partial charge in [0.15, 0.2) is 5.78 Å². The van der Waals surface area contributed by atoms with Crippen LogP contribution in [0.1, 0.15) is 37.2 Å². The Morgan fingerprint density at radius 2 is 2.00 bits per heavy atom. The van der Waals surface area contributed by atoms with Gasteiger partial charge in [0.05, 0.1) is 22.5 Å². The second-order valence-corrected chi connectivity index (χ2v) is 8.00. The largest absolute Gasteiger partial charge is 0.337 e. The van der Waals surface area contributed by atoms with Gasteiger partial charge in [-0.2, -0.15) is 5.10 Å². The van der Waals surface area contributed by atoms with Crippen LogP contribution in [0.15, 0.2) is 12.4 Å². The van der Waals surface area contributed by atoms with Crippen molar-refractivity contribution < 1.29 is 9.59 Å². The highest BCUT2D eigenvalue weighted by atomic mass is 35.5. The lowest BCUT2D eigenvalue weighted by Crippen LogP contribution is -2.54. The number of carbonyl (C=O) groups excluding carboxylic acids is 2. The summed E-state index contributed by atoms with van der Waals surface area (Å²) in [5, 5.41) is 4.59. The standard InChI is InChI=1S/C19H23ClN6O2/c1-11-9-25(6-7-26(11)18(28)13-4-5-13)19-21-8-15(20)17(22-19)14-10-24(3)23-16(14)12(2)27/h8,10-11,13H,4-7,9H2,1-3H3/t11-/m1/s1. The van der Waals surface area contributed by atoms with Gasteiger partial charge in [-0.05, 0) is 19.8 Å². The molecule has 28 heavy (non-hydrogen) atoms. The van der Waals surface area contributed by atoms with Crippen LogP contribution in [0.25, 0.3) is 11.3 Å². The van der Waals surface area contributed by atoms with Crippen molar-refractivity contribution in [3.63, 3.8) is 0 Å². The third-order valence-corrected chi connectivity index (χ3v) is 5.55. The number of piperazine rings is 1. The number of halogens is 1. The molecule has 148 valence electrons. The minimum absolute atomic E-state index is 0.0933. The van der Waals surface area contributed by atoms with E-state index in [9.17, 15) is 9.59 Å². The maximum atomic E-state index is 12.4. The van der Waals surface area contributed by atoms with Crippen molar-refractivity contribution in [2.24, 2.45) is 13.0 Å². The van der Waals surface area contributed by atoms with E-state index in [1.165, 1.54) is 6.92 Å².